The van der Waals surface area contributed by atoms with E-state index in [-0.39, 0.29) is 5.92 Å². The van der Waals surface area contributed by atoms with E-state index in [0.29, 0.717) is 5.56 Å². The number of hydrogen-bond donors (Lipinski definition) is 2. The Morgan fingerprint density at radius 3 is 2.33 bits per heavy atom. The average Bonchev–Trinajstić information content (AvgIpc) is 2.27. The van der Waals surface area contributed by atoms with E-state index in [1.807, 2.05) is 25.1 Å². The van der Waals surface area contributed by atoms with Gasteiger partial charge in [-0.2, -0.15) is 0 Å². The second kappa shape index (κ2) is 5.29. The fraction of sp³-hybridized carbons (Fsp3) is 0.538. The van der Waals surface area contributed by atoms with Crippen LogP contribution < -0.4 is 0 Å². The van der Waals surface area contributed by atoms with Gasteiger partial charge < -0.3 is 10.2 Å². The minimum Gasteiger partial charge on any atom is -0.362 e. The number of hydrogen-bond acceptors (Lipinski definition) is 2. The number of benzene rings is 1. The van der Waals surface area contributed by atoms with Crippen LogP contribution in [0.25, 0.3) is 0 Å². The van der Waals surface area contributed by atoms with Gasteiger partial charge in [-0.3, -0.25) is 0 Å². The van der Waals surface area contributed by atoms with Crippen molar-refractivity contribution >= 4 is 0 Å². The summed E-state index contributed by atoms with van der Waals surface area (Å²) in [6, 6.07) is 9.02. The molecule has 0 heterocycles. The maximum atomic E-state index is 10.0. The average molecular weight is 208 g/mol. The van der Waals surface area contributed by atoms with Gasteiger partial charge >= 0.3 is 0 Å². The molecular formula is C13H20O2. The zero-order chi connectivity index (χ0) is 11.3. The first-order valence-corrected chi connectivity index (χ1v) is 5.59. The molecule has 84 valence electrons. The summed E-state index contributed by atoms with van der Waals surface area (Å²) >= 11 is 0. The number of rotatable bonds is 5. The highest BCUT2D eigenvalue weighted by atomic mass is 16.5. The smallest absolute Gasteiger partial charge is 0.192 e. The normalized spacial score (nSPS) is 13.9. The molecule has 0 aliphatic carbocycles. The number of unbranched alkanes of at least 4 members (excludes halogenated alkanes) is 1. The van der Waals surface area contributed by atoms with E-state index in [9.17, 15) is 10.2 Å². The van der Waals surface area contributed by atoms with E-state index in [2.05, 4.69) is 6.92 Å². The van der Waals surface area contributed by atoms with E-state index in [1.165, 1.54) is 0 Å². The van der Waals surface area contributed by atoms with Crippen LogP contribution in [-0.4, -0.2) is 10.2 Å². The molecule has 2 N–H and O–H groups in total. The predicted octanol–water partition coefficient (Wildman–Crippen LogP) is 2.65. The van der Waals surface area contributed by atoms with Crippen LogP contribution in [0.3, 0.4) is 0 Å². The van der Waals surface area contributed by atoms with E-state index >= 15 is 0 Å². The first-order valence-electron chi connectivity index (χ1n) is 5.59. The van der Waals surface area contributed by atoms with Crippen molar-refractivity contribution in [3.05, 3.63) is 35.9 Å². The van der Waals surface area contributed by atoms with Gasteiger partial charge in [0.1, 0.15) is 0 Å². The summed E-state index contributed by atoms with van der Waals surface area (Å²) in [7, 11) is 0. The molecule has 1 rings (SSSR count). The third-order valence-corrected chi connectivity index (χ3v) is 2.88. The van der Waals surface area contributed by atoms with Crippen LogP contribution in [0.4, 0.5) is 0 Å². The lowest BCUT2D eigenvalue weighted by Gasteiger charge is -2.29. The molecule has 0 aliphatic rings. The van der Waals surface area contributed by atoms with Crippen molar-refractivity contribution in [1.82, 2.24) is 0 Å². The van der Waals surface area contributed by atoms with Crippen LogP contribution in [0.15, 0.2) is 30.3 Å². The fourth-order valence-electron chi connectivity index (χ4n) is 1.68. The molecule has 1 unspecified atom stereocenters. The lowest BCUT2D eigenvalue weighted by atomic mass is 9.89. The first kappa shape index (κ1) is 12.2. The van der Waals surface area contributed by atoms with Crippen LogP contribution >= 0.6 is 0 Å². The zero-order valence-electron chi connectivity index (χ0n) is 9.48. The van der Waals surface area contributed by atoms with E-state index in [4.69, 9.17) is 0 Å². The van der Waals surface area contributed by atoms with Gasteiger partial charge in [0.15, 0.2) is 5.79 Å². The molecule has 15 heavy (non-hydrogen) atoms. The number of aliphatic hydroxyl groups is 2. The van der Waals surface area contributed by atoms with Crippen LogP contribution in [0.2, 0.25) is 0 Å². The van der Waals surface area contributed by atoms with E-state index < -0.39 is 5.79 Å². The summed E-state index contributed by atoms with van der Waals surface area (Å²) in [5.74, 6) is -1.84. The van der Waals surface area contributed by atoms with Crippen LogP contribution in [-0.2, 0) is 5.79 Å². The summed E-state index contributed by atoms with van der Waals surface area (Å²) in [5, 5.41) is 20.1. The van der Waals surface area contributed by atoms with Gasteiger partial charge in [-0.1, -0.05) is 57.0 Å². The lowest BCUT2D eigenvalue weighted by Crippen LogP contribution is -2.33. The summed E-state index contributed by atoms with van der Waals surface area (Å²) in [6.07, 6.45) is 2.93. The topological polar surface area (TPSA) is 40.5 Å². The highest BCUT2D eigenvalue weighted by Crippen LogP contribution is 2.29. The fourth-order valence-corrected chi connectivity index (χ4v) is 1.68. The molecule has 0 saturated heterocycles. The van der Waals surface area contributed by atoms with Crippen molar-refractivity contribution in [3.8, 4) is 0 Å². The summed E-state index contributed by atoms with van der Waals surface area (Å²) in [6.45, 7) is 3.98. The first-order chi connectivity index (χ1) is 7.09. The zero-order valence-corrected chi connectivity index (χ0v) is 9.48. The molecule has 1 aromatic rings. The third-order valence-electron chi connectivity index (χ3n) is 2.88. The Morgan fingerprint density at radius 2 is 1.80 bits per heavy atom. The highest BCUT2D eigenvalue weighted by molar-refractivity contribution is 5.20. The second-order valence-electron chi connectivity index (χ2n) is 4.14. The van der Waals surface area contributed by atoms with E-state index in [1.54, 1.807) is 12.1 Å². The second-order valence-corrected chi connectivity index (χ2v) is 4.14. The van der Waals surface area contributed by atoms with Crippen LogP contribution in [0.1, 0.15) is 38.7 Å². The molecule has 0 bridgehead atoms. The summed E-state index contributed by atoms with van der Waals surface area (Å²) in [5.41, 5.74) is 0.577. The van der Waals surface area contributed by atoms with Crippen LogP contribution in [0, 0.1) is 5.92 Å². The van der Waals surface area contributed by atoms with Crippen molar-refractivity contribution in [3.63, 3.8) is 0 Å². The molecule has 0 amide bonds. The molecule has 0 aromatic heterocycles. The standard InChI is InChI=1S/C13H20O2/c1-3-4-8-11(2)13(14,15)12-9-6-5-7-10-12/h5-7,9-11,14-15H,3-4,8H2,1-2H3. The van der Waals surface area contributed by atoms with Crippen molar-refractivity contribution < 1.29 is 10.2 Å². The highest BCUT2D eigenvalue weighted by Gasteiger charge is 2.32. The molecule has 0 saturated carbocycles. The Kier molecular flexibility index (Phi) is 4.30. The quantitative estimate of drug-likeness (QED) is 0.730. The molecular weight excluding hydrogens is 188 g/mol. The van der Waals surface area contributed by atoms with Gasteiger partial charge in [0.05, 0.1) is 0 Å². The Balaban J connectivity index is 2.73. The van der Waals surface area contributed by atoms with Gasteiger partial charge in [0.25, 0.3) is 0 Å². The van der Waals surface area contributed by atoms with Gasteiger partial charge in [-0.05, 0) is 6.42 Å². The Bertz CT molecular complexity index is 280. The molecule has 0 aliphatic heterocycles. The third kappa shape index (κ3) is 3.05. The largest absolute Gasteiger partial charge is 0.362 e. The SMILES string of the molecule is CCCCC(C)C(O)(O)c1ccccc1. The van der Waals surface area contributed by atoms with Crippen molar-refractivity contribution in [2.75, 3.05) is 0 Å². The molecule has 0 spiro atoms. The summed E-state index contributed by atoms with van der Waals surface area (Å²) < 4.78 is 0. The lowest BCUT2D eigenvalue weighted by molar-refractivity contribution is -0.207. The molecule has 1 atom stereocenters. The van der Waals surface area contributed by atoms with Gasteiger partial charge in [-0.15, -0.1) is 0 Å². The van der Waals surface area contributed by atoms with E-state index in [0.717, 1.165) is 19.3 Å². The maximum absolute atomic E-state index is 10.0. The monoisotopic (exact) mass is 208 g/mol. The van der Waals surface area contributed by atoms with Gasteiger partial charge in [-0.25, -0.2) is 0 Å². The molecule has 2 nitrogen and oxygen atoms in total. The molecule has 0 fully saturated rings. The predicted molar refractivity (Wildman–Crippen MR) is 61.2 cm³/mol. The minimum atomic E-state index is -1.70. The Morgan fingerprint density at radius 1 is 1.20 bits per heavy atom. The van der Waals surface area contributed by atoms with Crippen molar-refractivity contribution in [1.29, 1.82) is 0 Å². The summed E-state index contributed by atoms with van der Waals surface area (Å²) in [4.78, 5) is 0. The van der Waals surface area contributed by atoms with Crippen molar-refractivity contribution in [2.24, 2.45) is 5.92 Å². The Labute approximate surface area is 91.6 Å². The van der Waals surface area contributed by atoms with Gasteiger partial charge in [0.2, 0.25) is 0 Å². The minimum absolute atomic E-state index is 0.139. The van der Waals surface area contributed by atoms with Gasteiger partial charge in [0, 0.05) is 11.5 Å². The molecule has 2 heteroatoms. The van der Waals surface area contributed by atoms with Crippen molar-refractivity contribution in [2.45, 2.75) is 38.9 Å². The molecule has 1 aromatic carbocycles. The maximum Gasteiger partial charge on any atom is 0.192 e. The van der Waals surface area contributed by atoms with Crippen LogP contribution in [0.5, 0.6) is 0 Å². The Hall–Kier alpha value is -0.860. The molecule has 0 radical (unpaired) electrons.